The number of hydrogen-bond acceptors (Lipinski definition) is 3. The molecule has 1 rings (SSSR count). The molecule has 1 aromatic rings. The molecule has 0 aromatic carbocycles. The van der Waals surface area contributed by atoms with Crippen molar-refractivity contribution in [1.29, 1.82) is 0 Å². The second kappa shape index (κ2) is 7.39. The van der Waals surface area contributed by atoms with Crippen LogP contribution in [0.25, 0.3) is 0 Å². The maximum Gasteiger partial charge on any atom is 0.140 e. The van der Waals surface area contributed by atoms with Crippen LogP contribution >= 0.6 is 0 Å². The smallest absolute Gasteiger partial charge is 0.140 e. The Bertz CT molecular complexity index is 280. The third-order valence-electron chi connectivity index (χ3n) is 2.47. The number of unbranched alkanes of at least 4 members (excludes halogenated alkanes) is 2. The van der Waals surface area contributed by atoms with Crippen LogP contribution in [0, 0.1) is 5.92 Å². The zero-order valence-electron chi connectivity index (χ0n) is 10.7. The number of hydrogen-bond donors (Lipinski definition) is 1. The van der Waals surface area contributed by atoms with Gasteiger partial charge in [0.1, 0.15) is 12.2 Å². The lowest BCUT2D eigenvalue weighted by Crippen LogP contribution is -2.19. The highest BCUT2D eigenvalue weighted by Crippen LogP contribution is 2.01. The van der Waals surface area contributed by atoms with E-state index in [9.17, 15) is 0 Å². The van der Waals surface area contributed by atoms with Crippen molar-refractivity contribution in [3.8, 4) is 0 Å². The maximum atomic E-state index is 4.28. The van der Waals surface area contributed by atoms with Crippen molar-refractivity contribution < 1.29 is 0 Å². The lowest BCUT2D eigenvalue weighted by atomic mass is 10.2. The van der Waals surface area contributed by atoms with E-state index in [2.05, 4.69) is 36.2 Å². The van der Waals surface area contributed by atoms with E-state index in [1.54, 1.807) is 6.33 Å². The SMILES string of the molecule is CCCCCNCc1ncnn1CC(C)C. The van der Waals surface area contributed by atoms with Gasteiger partial charge in [-0.3, -0.25) is 0 Å². The fourth-order valence-corrected chi connectivity index (χ4v) is 1.62. The van der Waals surface area contributed by atoms with Crippen molar-refractivity contribution in [2.24, 2.45) is 5.92 Å². The third-order valence-corrected chi connectivity index (χ3v) is 2.47. The fraction of sp³-hybridized carbons (Fsp3) is 0.833. The summed E-state index contributed by atoms with van der Waals surface area (Å²) in [5.74, 6) is 1.66. The molecule has 92 valence electrons. The second-order valence-electron chi connectivity index (χ2n) is 4.64. The summed E-state index contributed by atoms with van der Waals surface area (Å²) in [5.41, 5.74) is 0. The predicted molar refractivity (Wildman–Crippen MR) is 66.1 cm³/mol. The molecular formula is C12H24N4. The molecule has 1 N–H and O–H groups in total. The second-order valence-corrected chi connectivity index (χ2v) is 4.64. The number of aromatic nitrogens is 3. The topological polar surface area (TPSA) is 42.7 Å². The quantitative estimate of drug-likeness (QED) is 0.688. The van der Waals surface area contributed by atoms with Gasteiger partial charge in [-0.2, -0.15) is 5.10 Å². The van der Waals surface area contributed by atoms with Crippen LogP contribution in [0.1, 0.15) is 45.9 Å². The Morgan fingerprint density at radius 2 is 2.19 bits per heavy atom. The molecule has 0 fully saturated rings. The zero-order chi connectivity index (χ0) is 11.8. The highest BCUT2D eigenvalue weighted by Gasteiger charge is 2.04. The van der Waals surface area contributed by atoms with E-state index in [1.807, 2.05) is 4.68 Å². The van der Waals surface area contributed by atoms with Crippen molar-refractivity contribution in [1.82, 2.24) is 20.1 Å². The molecule has 4 heteroatoms. The van der Waals surface area contributed by atoms with Crippen LogP contribution in [-0.4, -0.2) is 21.3 Å². The molecule has 0 saturated heterocycles. The van der Waals surface area contributed by atoms with Gasteiger partial charge < -0.3 is 5.32 Å². The maximum absolute atomic E-state index is 4.28. The minimum atomic E-state index is 0.612. The summed E-state index contributed by atoms with van der Waals surface area (Å²) in [6.45, 7) is 9.46. The zero-order valence-corrected chi connectivity index (χ0v) is 10.7. The van der Waals surface area contributed by atoms with Crippen LogP contribution in [0.2, 0.25) is 0 Å². The molecule has 1 aromatic heterocycles. The molecule has 16 heavy (non-hydrogen) atoms. The molecule has 0 bridgehead atoms. The van der Waals surface area contributed by atoms with Crippen LogP contribution in [0.5, 0.6) is 0 Å². The summed E-state index contributed by atoms with van der Waals surface area (Å²) in [7, 11) is 0. The molecule has 0 atom stereocenters. The predicted octanol–water partition coefficient (Wildman–Crippen LogP) is 2.21. The molecule has 0 unspecified atom stereocenters. The van der Waals surface area contributed by atoms with E-state index in [-0.39, 0.29) is 0 Å². The lowest BCUT2D eigenvalue weighted by molar-refractivity contribution is 0.456. The number of nitrogens with zero attached hydrogens (tertiary/aromatic N) is 3. The Hall–Kier alpha value is -0.900. The van der Waals surface area contributed by atoms with Gasteiger partial charge in [0.25, 0.3) is 0 Å². The molecule has 0 spiro atoms. The average Bonchev–Trinajstić information content (AvgIpc) is 2.64. The van der Waals surface area contributed by atoms with Crippen molar-refractivity contribution in [2.45, 2.75) is 53.1 Å². The molecular weight excluding hydrogens is 200 g/mol. The van der Waals surface area contributed by atoms with E-state index in [0.717, 1.165) is 25.5 Å². The number of nitrogens with one attached hydrogen (secondary N) is 1. The lowest BCUT2D eigenvalue weighted by Gasteiger charge is -2.09. The van der Waals surface area contributed by atoms with Gasteiger partial charge in [0.2, 0.25) is 0 Å². The van der Waals surface area contributed by atoms with Gasteiger partial charge in [-0.05, 0) is 18.9 Å². The van der Waals surface area contributed by atoms with Gasteiger partial charge >= 0.3 is 0 Å². The Labute approximate surface area is 98.5 Å². The molecule has 0 radical (unpaired) electrons. The van der Waals surface area contributed by atoms with E-state index in [1.165, 1.54) is 19.3 Å². The first kappa shape index (κ1) is 13.2. The summed E-state index contributed by atoms with van der Waals surface area (Å²) in [4.78, 5) is 4.28. The van der Waals surface area contributed by atoms with Crippen molar-refractivity contribution in [2.75, 3.05) is 6.54 Å². The highest BCUT2D eigenvalue weighted by molar-refractivity contribution is 4.83. The molecule has 0 amide bonds. The first-order valence-electron chi connectivity index (χ1n) is 6.31. The average molecular weight is 224 g/mol. The molecule has 4 nitrogen and oxygen atoms in total. The summed E-state index contributed by atoms with van der Waals surface area (Å²) in [6, 6.07) is 0. The van der Waals surface area contributed by atoms with Crippen LogP contribution in [0.4, 0.5) is 0 Å². The van der Waals surface area contributed by atoms with Crippen LogP contribution < -0.4 is 5.32 Å². The summed E-state index contributed by atoms with van der Waals surface area (Å²) < 4.78 is 2.00. The molecule has 0 saturated carbocycles. The summed E-state index contributed by atoms with van der Waals surface area (Å²) in [6.07, 6.45) is 5.46. The fourth-order valence-electron chi connectivity index (χ4n) is 1.62. The number of rotatable bonds is 8. The van der Waals surface area contributed by atoms with Gasteiger partial charge in [0.05, 0.1) is 6.54 Å². The van der Waals surface area contributed by atoms with E-state index < -0.39 is 0 Å². The summed E-state index contributed by atoms with van der Waals surface area (Å²) in [5, 5.41) is 7.65. The van der Waals surface area contributed by atoms with Crippen LogP contribution in [0.15, 0.2) is 6.33 Å². The van der Waals surface area contributed by atoms with Crippen LogP contribution in [-0.2, 0) is 13.1 Å². The Morgan fingerprint density at radius 3 is 2.88 bits per heavy atom. The van der Waals surface area contributed by atoms with Gasteiger partial charge in [0, 0.05) is 6.54 Å². The largest absolute Gasteiger partial charge is 0.310 e. The van der Waals surface area contributed by atoms with Gasteiger partial charge in [-0.25, -0.2) is 9.67 Å². The van der Waals surface area contributed by atoms with Crippen molar-refractivity contribution in [3.05, 3.63) is 12.2 Å². The van der Waals surface area contributed by atoms with Gasteiger partial charge in [-0.15, -0.1) is 0 Å². The van der Waals surface area contributed by atoms with Crippen molar-refractivity contribution in [3.63, 3.8) is 0 Å². The minimum absolute atomic E-state index is 0.612. The van der Waals surface area contributed by atoms with Gasteiger partial charge in [-0.1, -0.05) is 33.6 Å². The Morgan fingerprint density at radius 1 is 1.38 bits per heavy atom. The Balaban J connectivity index is 2.27. The monoisotopic (exact) mass is 224 g/mol. The first-order valence-corrected chi connectivity index (χ1v) is 6.31. The standard InChI is InChI=1S/C12H24N4/c1-4-5-6-7-13-8-12-14-10-15-16(12)9-11(2)3/h10-11,13H,4-9H2,1-3H3. The van der Waals surface area contributed by atoms with E-state index in [0.29, 0.717) is 5.92 Å². The first-order chi connectivity index (χ1) is 7.74. The molecule has 0 aliphatic heterocycles. The van der Waals surface area contributed by atoms with Gasteiger partial charge in [0.15, 0.2) is 0 Å². The highest BCUT2D eigenvalue weighted by atomic mass is 15.3. The van der Waals surface area contributed by atoms with E-state index >= 15 is 0 Å². The normalized spacial score (nSPS) is 11.2. The third kappa shape index (κ3) is 4.75. The molecule has 0 aliphatic carbocycles. The Kier molecular flexibility index (Phi) is 6.08. The molecule has 0 aliphatic rings. The minimum Gasteiger partial charge on any atom is -0.310 e. The van der Waals surface area contributed by atoms with E-state index in [4.69, 9.17) is 0 Å². The molecule has 1 heterocycles. The van der Waals surface area contributed by atoms with Crippen molar-refractivity contribution >= 4 is 0 Å². The summed E-state index contributed by atoms with van der Waals surface area (Å²) >= 11 is 0. The van der Waals surface area contributed by atoms with Crippen LogP contribution in [0.3, 0.4) is 0 Å².